The van der Waals surface area contributed by atoms with Crippen molar-refractivity contribution < 1.29 is 4.48 Å². The Balaban J connectivity index is 2.78. The summed E-state index contributed by atoms with van der Waals surface area (Å²) in [6.45, 7) is 5.91. The lowest BCUT2D eigenvalue weighted by Gasteiger charge is -2.30. The molecular formula is C16H18N+. The minimum absolute atomic E-state index is 0.681. The second-order valence-electron chi connectivity index (χ2n) is 4.31. The first-order chi connectivity index (χ1) is 8.20. The Labute approximate surface area is 104 Å². The van der Waals surface area contributed by atoms with Crippen LogP contribution in [0.1, 0.15) is 5.56 Å². The van der Waals surface area contributed by atoms with Gasteiger partial charge in [0.1, 0.15) is 19.6 Å². The lowest BCUT2D eigenvalue weighted by Crippen LogP contribution is -2.43. The van der Waals surface area contributed by atoms with Crippen molar-refractivity contribution in [2.45, 2.75) is 6.54 Å². The molecule has 0 spiro atoms. The summed E-state index contributed by atoms with van der Waals surface area (Å²) >= 11 is 0. The van der Waals surface area contributed by atoms with Crippen molar-refractivity contribution in [2.24, 2.45) is 0 Å². The molecule has 1 heteroatoms. The van der Waals surface area contributed by atoms with Crippen molar-refractivity contribution in [2.75, 3.05) is 20.1 Å². The third-order valence-corrected chi connectivity index (χ3v) is 2.55. The van der Waals surface area contributed by atoms with Gasteiger partial charge in [0.05, 0.1) is 7.05 Å². The predicted octanol–water partition coefficient (Wildman–Crippen LogP) is 2.46. The molecule has 0 amide bonds. The fourth-order valence-corrected chi connectivity index (χ4v) is 1.72. The summed E-state index contributed by atoms with van der Waals surface area (Å²) in [6.07, 6.45) is 7.05. The number of hydrogen-bond acceptors (Lipinski definition) is 0. The van der Waals surface area contributed by atoms with Crippen LogP contribution in [-0.2, 0) is 6.54 Å². The van der Waals surface area contributed by atoms with Gasteiger partial charge in [0, 0.05) is 5.56 Å². The molecule has 0 aliphatic carbocycles. The molecule has 0 bridgehead atoms. The molecule has 0 saturated heterocycles. The van der Waals surface area contributed by atoms with Gasteiger partial charge in [-0.05, 0) is 17.9 Å². The van der Waals surface area contributed by atoms with Crippen LogP contribution < -0.4 is 0 Å². The van der Waals surface area contributed by atoms with Crippen LogP contribution >= 0.6 is 0 Å². The van der Waals surface area contributed by atoms with Crippen molar-refractivity contribution in [3.05, 3.63) is 48.6 Å². The summed E-state index contributed by atoms with van der Waals surface area (Å²) in [5.74, 6) is 8.70. The molecule has 86 valence electrons. The van der Waals surface area contributed by atoms with E-state index in [0.29, 0.717) is 6.54 Å². The highest BCUT2D eigenvalue weighted by molar-refractivity contribution is 5.15. The Morgan fingerprint density at radius 3 is 2.59 bits per heavy atom. The largest absolute Gasteiger partial charge is 0.302 e. The maximum Gasteiger partial charge on any atom is 0.142 e. The zero-order valence-electron chi connectivity index (χ0n) is 10.3. The molecule has 0 N–H and O–H groups in total. The van der Waals surface area contributed by atoms with Crippen LogP contribution in [0.25, 0.3) is 0 Å². The normalized spacial score (nSPS) is 12.7. The second kappa shape index (κ2) is 6.59. The summed E-state index contributed by atoms with van der Waals surface area (Å²) in [5, 5.41) is 0. The molecule has 1 aromatic rings. The Hall–Kier alpha value is -1.96. The number of nitrogens with zero attached hydrogens (tertiary/aromatic N) is 1. The van der Waals surface area contributed by atoms with Crippen molar-refractivity contribution in [1.29, 1.82) is 0 Å². The van der Waals surface area contributed by atoms with Crippen LogP contribution in [0.3, 0.4) is 0 Å². The van der Waals surface area contributed by atoms with Crippen LogP contribution in [0, 0.1) is 24.2 Å². The Morgan fingerprint density at radius 1 is 1.29 bits per heavy atom. The first kappa shape index (κ1) is 13.1. The van der Waals surface area contributed by atoms with Gasteiger partial charge in [-0.2, -0.15) is 0 Å². The molecule has 0 aliphatic rings. The zero-order valence-corrected chi connectivity index (χ0v) is 10.3. The van der Waals surface area contributed by atoms with Gasteiger partial charge in [0.2, 0.25) is 0 Å². The van der Waals surface area contributed by atoms with E-state index in [4.69, 9.17) is 6.42 Å². The zero-order chi connectivity index (χ0) is 12.6. The van der Waals surface area contributed by atoms with Crippen LogP contribution in [0.4, 0.5) is 0 Å². The quantitative estimate of drug-likeness (QED) is 0.544. The van der Waals surface area contributed by atoms with Crippen molar-refractivity contribution >= 4 is 0 Å². The summed E-state index contributed by atoms with van der Waals surface area (Å²) in [6, 6.07) is 10.4. The van der Waals surface area contributed by atoms with E-state index in [0.717, 1.165) is 17.6 Å². The van der Waals surface area contributed by atoms with Gasteiger partial charge in [0.25, 0.3) is 0 Å². The van der Waals surface area contributed by atoms with E-state index >= 15 is 0 Å². The second-order valence-corrected chi connectivity index (χ2v) is 4.31. The van der Waals surface area contributed by atoms with Gasteiger partial charge in [0.15, 0.2) is 0 Å². The molecule has 0 fully saturated rings. The molecule has 1 nitrogen and oxygen atoms in total. The van der Waals surface area contributed by atoms with Gasteiger partial charge >= 0.3 is 0 Å². The number of quaternary nitrogens is 1. The van der Waals surface area contributed by atoms with Crippen molar-refractivity contribution in [3.63, 3.8) is 0 Å². The van der Waals surface area contributed by atoms with Gasteiger partial charge < -0.3 is 4.48 Å². The van der Waals surface area contributed by atoms with E-state index in [1.807, 2.05) is 18.2 Å². The number of benzene rings is 1. The molecular weight excluding hydrogens is 206 g/mol. The lowest BCUT2D eigenvalue weighted by molar-refractivity contribution is -0.909. The monoisotopic (exact) mass is 224 g/mol. The molecule has 17 heavy (non-hydrogen) atoms. The average molecular weight is 224 g/mol. The molecule has 0 unspecified atom stereocenters. The predicted molar refractivity (Wildman–Crippen MR) is 72.9 cm³/mol. The Kier molecular flexibility index (Phi) is 5.08. The highest BCUT2D eigenvalue weighted by Crippen LogP contribution is 2.10. The highest BCUT2D eigenvalue weighted by atomic mass is 15.3. The minimum atomic E-state index is 0.681. The molecule has 1 rings (SSSR count). The number of hydrogen-bond donors (Lipinski definition) is 0. The summed E-state index contributed by atoms with van der Waals surface area (Å²) < 4.78 is 0.737. The lowest BCUT2D eigenvalue weighted by atomic mass is 10.2. The smallest absolute Gasteiger partial charge is 0.142 e. The van der Waals surface area contributed by atoms with Crippen molar-refractivity contribution in [1.82, 2.24) is 0 Å². The minimum Gasteiger partial charge on any atom is -0.302 e. The van der Waals surface area contributed by atoms with Crippen LogP contribution in [0.15, 0.2) is 43.0 Å². The Bertz CT molecular complexity index is 456. The van der Waals surface area contributed by atoms with E-state index in [1.54, 1.807) is 6.08 Å². The molecule has 0 radical (unpaired) electrons. The maximum absolute atomic E-state index is 5.44. The summed E-state index contributed by atoms with van der Waals surface area (Å²) in [7, 11) is 2.13. The van der Waals surface area contributed by atoms with Gasteiger partial charge in [-0.15, -0.1) is 6.42 Å². The van der Waals surface area contributed by atoms with E-state index in [9.17, 15) is 0 Å². The fourth-order valence-electron chi connectivity index (χ4n) is 1.72. The molecule has 0 saturated carbocycles. The van der Waals surface area contributed by atoms with Crippen LogP contribution in [0.5, 0.6) is 0 Å². The van der Waals surface area contributed by atoms with E-state index < -0.39 is 0 Å². The summed E-state index contributed by atoms with van der Waals surface area (Å²) in [4.78, 5) is 0. The molecule has 0 aromatic heterocycles. The topological polar surface area (TPSA) is 0 Å². The van der Waals surface area contributed by atoms with Gasteiger partial charge in [-0.25, -0.2) is 0 Å². The average Bonchev–Trinajstić information content (AvgIpc) is 2.31. The van der Waals surface area contributed by atoms with Gasteiger partial charge in [-0.1, -0.05) is 42.8 Å². The Morgan fingerprint density at radius 2 is 2.00 bits per heavy atom. The first-order valence-corrected chi connectivity index (χ1v) is 5.60. The van der Waals surface area contributed by atoms with E-state index in [2.05, 4.69) is 43.5 Å². The molecule has 0 aliphatic heterocycles. The van der Waals surface area contributed by atoms with E-state index in [1.165, 1.54) is 5.56 Å². The number of allylic oxidation sites excluding steroid dienone is 1. The first-order valence-electron chi connectivity index (χ1n) is 5.60. The van der Waals surface area contributed by atoms with E-state index in [-0.39, 0.29) is 0 Å². The molecule has 1 aromatic carbocycles. The van der Waals surface area contributed by atoms with Crippen LogP contribution in [0.2, 0.25) is 0 Å². The number of rotatable bonds is 4. The third-order valence-electron chi connectivity index (χ3n) is 2.55. The standard InChI is InChI=1S/C16H18N/c1-4-6-10-14-17(3,13-5-2)15-16-11-8-7-9-12-16/h2,4,7-9,11-12H,1,13-15H2,3H3/q+1/t17-/m1/s1. The maximum atomic E-state index is 5.44. The number of terminal acetylenes is 1. The fraction of sp³-hybridized carbons (Fsp3) is 0.250. The van der Waals surface area contributed by atoms with Crippen molar-refractivity contribution in [3.8, 4) is 24.2 Å². The highest BCUT2D eigenvalue weighted by Gasteiger charge is 2.19. The SMILES string of the molecule is C#CC[N@+](C)(CC#CC=C)Cc1ccccc1. The van der Waals surface area contributed by atoms with Crippen LogP contribution in [-0.4, -0.2) is 24.6 Å². The molecule has 0 heterocycles. The summed E-state index contributed by atoms with van der Waals surface area (Å²) in [5.41, 5.74) is 1.28. The van der Waals surface area contributed by atoms with Gasteiger partial charge in [-0.3, -0.25) is 0 Å². The molecule has 1 atom stereocenters. The third kappa shape index (κ3) is 4.60.